The molecule has 1 amide bonds. The maximum atomic E-state index is 11.7. The van der Waals surface area contributed by atoms with E-state index in [9.17, 15) is 18.0 Å². The summed E-state index contributed by atoms with van der Waals surface area (Å²) in [6.07, 6.45) is -0.201. The Bertz CT molecular complexity index is 598. The molecular formula is C10H11ClN2O4S. The van der Waals surface area contributed by atoms with Crippen LogP contribution in [-0.4, -0.2) is 20.1 Å². The Morgan fingerprint density at radius 1 is 1.22 bits per heavy atom. The van der Waals surface area contributed by atoms with E-state index in [0.29, 0.717) is 0 Å². The van der Waals surface area contributed by atoms with Gasteiger partial charge in [0.2, 0.25) is 15.9 Å². The first-order valence-corrected chi connectivity index (χ1v) is 6.78. The molecule has 8 heteroatoms. The third-order valence-electron chi connectivity index (χ3n) is 2.16. The number of hydrogen-bond donors (Lipinski definition) is 2. The van der Waals surface area contributed by atoms with E-state index < -0.39 is 21.7 Å². The highest BCUT2D eigenvalue weighted by Crippen LogP contribution is 2.22. The molecule has 0 spiro atoms. The molecule has 1 aromatic rings. The standard InChI is InChI=1S/C10H11ClN2O4S/c11-7-2-1-6(5-9(7)18(13,16)17)8(14)3-4-10(12)15/h1-2,5H,3-4H2,(H2,12,15)(H2,13,16,17). The first kappa shape index (κ1) is 14.6. The number of primary amides is 1. The Labute approximate surface area is 109 Å². The van der Waals surface area contributed by atoms with Gasteiger partial charge in [0.15, 0.2) is 5.78 Å². The van der Waals surface area contributed by atoms with Gasteiger partial charge in [-0.05, 0) is 18.2 Å². The summed E-state index contributed by atoms with van der Waals surface area (Å²) >= 11 is 5.67. The number of Topliss-reactive ketones (excluding diaryl/α,β-unsaturated/α-hetero) is 1. The van der Waals surface area contributed by atoms with Crippen LogP contribution < -0.4 is 10.9 Å². The van der Waals surface area contributed by atoms with Crippen LogP contribution in [0.1, 0.15) is 23.2 Å². The molecule has 1 aromatic carbocycles. The summed E-state index contributed by atoms with van der Waals surface area (Å²) in [5, 5.41) is 4.89. The van der Waals surface area contributed by atoms with Gasteiger partial charge >= 0.3 is 0 Å². The van der Waals surface area contributed by atoms with Crippen molar-refractivity contribution in [2.75, 3.05) is 0 Å². The zero-order chi connectivity index (χ0) is 13.9. The summed E-state index contributed by atoms with van der Waals surface area (Å²) in [4.78, 5) is 21.9. The van der Waals surface area contributed by atoms with Gasteiger partial charge < -0.3 is 5.73 Å². The van der Waals surface area contributed by atoms with Crippen LogP contribution in [0.15, 0.2) is 23.1 Å². The molecule has 0 fully saturated rings. The first-order chi connectivity index (χ1) is 8.21. The van der Waals surface area contributed by atoms with Gasteiger partial charge in [0.1, 0.15) is 4.90 Å². The minimum atomic E-state index is -4.00. The topological polar surface area (TPSA) is 120 Å². The Morgan fingerprint density at radius 2 is 1.83 bits per heavy atom. The number of carbonyl (C=O) groups excluding carboxylic acids is 2. The summed E-state index contributed by atoms with van der Waals surface area (Å²) < 4.78 is 22.4. The van der Waals surface area contributed by atoms with Crippen LogP contribution in [0.4, 0.5) is 0 Å². The Morgan fingerprint density at radius 3 is 2.33 bits per heavy atom. The van der Waals surface area contributed by atoms with Crippen LogP contribution >= 0.6 is 11.6 Å². The van der Waals surface area contributed by atoms with E-state index in [-0.39, 0.29) is 28.3 Å². The minimum absolute atomic E-state index is 0.0658. The lowest BCUT2D eigenvalue weighted by atomic mass is 10.1. The van der Waals surface area contributed by atoms with Gasteiger partial charge in [0.25, 0.3) is 0 Å². The molecule has 4 N–H and O–H groups in total. The van der Waals surface area contributed by atoms with Crippen LogP contribution in [0.5, 0.6) is 0 Å². The second-order valence-electron chi connectivity index (χ2n) is 3.58. The van der Waals surface area contributed by atoms with Crippen LogP contribution in [0.2, 0.25) is 5.02 Å². The monoisotopic (exact) mass is 290 g/mol. The number of carbonyl (C=O) groups is 2. The second kappa shape index (κ2) is 5.47. The molecule has 0 aliphatic heterocycles. The van der Waals surface area contributed by atoms with E-state index in [1.807, 2.05) is 0 Å². The lowest BCUT2D eigenvalue weighted by Crippen LogP contribution is -2.15. The van der Waals surface area contributed by atoms with Crippen molar-refractivity contribution in [3.8, 4) is 0 Å². The third-order valence-corrected chi connectivity index (χ3v) is 3.55. The van der Waals surface area contributed by atoms with Gasteiger partial charge in [0.05, 0.1) is 5.02 Å². The summed E-state index contributed by atoms with van der Waals surface area (Å²) in [5.74, 6) is -1.01. The third kappa shape index (κ3) is 3.80. The highest BCUT2D eigenvalue weighted by molar-refractivity contribution is 7.89. The molecule has 0 unspecified atom stereocenters. The van der Waals surface area contributed by atoms with Crippen molar-refractivity contribution in [2.45, 2.75) is 17.7 Å². The molecule has 0 aliphatic carbocycles. The molecule has 0 saturated carbocycles. The fourth-order valence-electron chi connectivity index (χ4n) is 1.28. The van der Waals surface area contributed by atoms with Crippen molar-refractivity contribution >= 4 is 33.3 Å². The molecule has 0 atom stereocenters. The predicted octanol–water partition coefficient (Wildman–Crippen LogP) is 0.436. The molecule has 0 bridgehead atoms. The molecule has 6 nitrogen and oxygen atoms in total. The van der Waals surface area contributed by atoms with Gasteiger partial charge in [-0.25, -0.2) is 13.6 Å². The number of benzene rings is 1. The predicted molar refractivity (Wildman–Crippen MR) is 65.6 cm³/mol. The average Bonchev–Trinajstić information content (AvgIpc) is 2.24. The van der Waals surface area contributed by atoms with Gasteiger partial charge in [-0.3, -0.25) is 9.59 Å². The fourth-order valence-corrected chi connectivity index (χ4v) is 2.35. The number of amides is 1. The summed E-state index contributed by atoms with van der Waals surface area (Å²) in [5.41, 5.74) is 5.03. The zero-order valence-electron chi connectivity index (χ0n) is 9.22. The number of rotatable bonds is 5. The quantitative estimate of drug-likeness (QED) is 0.764. The zero-order valence-corrected chi connectivity index (χ0v) is 10.8. The fraction of sp³-hybridized carbons (Fsp3) is 0.200. The van der Waals surface area contributed by atoms with Gasteiger partial charge in [-0.1, -0.05) is 11.6 Å². The lowest BCUT2D eigenvalue weighted by molar-refractivity contribution is -0.118. The van der Waals surface area contributed by atoms with E-state index in [1.54, 1.807) is 0 Å². The lowest BCUT2D eigenvalue weighted by Gasteiger charge is -2.05. The highest BCUT2D eigenvalue weighted by Gasteiger charge is 2.16. The van der Waals surface area contributed by atoms with Crippen molar-refractivity contribution in [1.29, 1.82) is 0 Å². The summed E-state index contributed by atoms with van der Waals surface area (Å²) in [6.45, 7) is 0. The van der Waals surface area contributed by atoms with E-state index in [4.69, 9.17) is 22.5 Å². The van der Waals surface area contributed by atoms with Gasteiger partial charge in [-0.2, -0.15) is 0 Å². The number of nitrogens with two attached hydrogens (primary N) is 2. The molecule has 0 saturated heterocycles. The average molecular weight is 291 g/mol. The van der Waals surface area contributed by atoms with Crippen molar-refractivity contribution in [2.24, 2.45) is 10.9 Å². The smallest absolute Gasteiger partial charge is 0.239 e. The van der Waals surface area contributed by atoms with Crippen LogP contribution in [0.25, 0.3) is 0 Å². The second-order valence-corrected chi connectivity index (χ2v) is 5.52. The molecule has 0 heterocycles. The highest BCUT2D eigenvalue weighted by atomic mass is 35.5. The minimum Gasteiger partial charge on any atom is -0.370 e. The SMILES string of the molecule is NC(=O)CCC(=O)c1ccc(Cl)c(S(N)(=O)=O)c1. The number of halogens is 1. The maximum absolute atomic E-state index is 11.7. The van der Waals surface area contributed by atoms with Gasteiger partial charge in [-0.15, -0.1) is 0 Å². The Hall–Kier alpha value is -1.44. The van der Waals surface area contributed by atoms with E-state index in [2.05, 4.69) is 0 Å². The summed E-state index contributed by atoms with van der Waals surface area (Å²) in [6, 6.07) is 3.71. The van der Waals surface area contributed by atoms with E-state index >= 15 is 0 Å². The summed E-state index contributed by atoms with van der Waals surface area (Å²) in [7, 11) is -4.00. The molecular weight excluding hydrogens is 280 g/mol. The van der Waals surface area contributed by atoms with E-state index in [1.165, 1.54) is 12.1 Å². The Kier molecular flexibility index (Phi) is 4.44. The molecule has 0 radical (unpaired) electrons. The van der Waals surface area contributed by atoms with Crippen molar-refractivity contribution in [3.63, 3.8) is 0 Å². The maximum Gasteiger partial charge on any atom is 0.239 e. The molecule has 1 rings (SSSR count). The number of primary sulfonamides is 1. The van der Waals surface area contributed by atoms with Crippen LogP contribution in [0.3, 0.4) is 0 Å². The van der Waals surface area contributed by atoms with Crippen LogP contribution in [-0.2, 0) is 14.8 Å². The number of ketones is 1. The molecule has 0 aromatic heterocycles. The number of hydrogen-bond acceptors (Lipinski definition) is 4. The van der Waals surface area contributed by atoms with E-state index in [0.717, 1.165) is 6.07 Å². The Balaban J connectivity index is 3.06. The molecule has 0 aliphatic rings. The van der Waals surface area contributed by atoms with Crippen molar-refractivity contribution in [1.82, 2.24) is 0 Å². The van der Waals surface area contributed by atoms with Crippen molar-refractivity contribution in [3.05, 3.63) is 28.8 Å². The molecule has 18 heavy (non-hydrogen) atoms. The van der Waals surface area contributed by atoms with Gasteiger partial charge in [0, 0.05) is 18.4 Å². The van der Waals surface area contributed by atoms with Crippen molar-refractivity contribution < 1.29 is 18.0 Å². The first-order valence-electron chi connectivity index (χ1n) is 4.85. The number of sulfonamides is 1. The molecule has 98 valence electrons. The largest absolute Gasteiger partial charge is 0.370 e. The van der Waals surface area contributed by atoms with Crippen LogP contribution in [0, 0.1) is 0 Å². The normalized spacial score (nSPS) is 11.2.